The average molecular weight is 448 g/mol. The second-order valence-corrected chi connectivity index (χ2v) is 7.45. The highest BCUT2D eigenvalue weighted by molar-refractivity contribution is 6.30. The molecule has 5 rings (SSSR count). The summed E-state index contributed by atoms with van der Waals surface area (Å²) in [5.41, 5.74) is 2.35. The fourth-order valence-electron chi connectivity index (χ4n) is 3.31. The van der Waals surface area contributed by atoms with Crippen molar-refractivity contribution >= 4 is 34.4 Å². The molecule has 0 aliphatic rings. The van der Waals surface area contributed by atoms with Crippen molar-refractivity contribution in [2.45, 2.75) is 6.92 Å². The number of benzene rings is 2. The van der Waals surface area contributed by atoms with Gasteiger partial charge in [0, 0.05) is 16.7 Å². The van der Waals surface area contributed by atoms with E-state index in [9.17, 15) is 9.18 Å². The summed E-state index contributed by atoms with van der Waals surface area (Å²) in [5, 5.41) is 13.0. The Kier molecular flexibility index (Phi) is 4.87. The summed E-state index contributed by atoms with van der Waals surface area (Å²) >= 11 is 5.99. The molecule has 0 atom stereocenters. The second-order valence-electron chi connectivity index (χ2n) is 7.01. The number of carbonyl (C=O) groups excluding carboxylic acids is 1. The molecule has 32 heavy (non-hydrogen) atoms. The van der Waals surface area contributed by atoms with Crippen LogP contribution < -0.4 is 5.32 Å². The van der Waals surface area contributed by atoms with Crippen LogP contribution in [0.5, 0.6) is 0 Å². The lowest BCUT2D eigenvalue weighted by Crippen LogP contribution is -2.15. The molecule has 10 heteroatoms. The molecule has 3 heterocycles. The Balaban J connectivity index is 1.55. The Morgan fingerprint density at radius 2 is 1.78 bits per heavy atom. The first kappa shape index (κ1) is 19.8. The van der Waals surface area contributed by atoms with Gasteiger partial charge in [0.25, 0.3) is 5.91 Å². The van der Waals surface area contributed by atoms with Crippen LogP contribution in [0, 0.1) is 12.7 Å². The number of aromatic nitrogens is 6. The van der Waals surface area contributed by atoms with Crippen LogP contribution in [-0.2, 0) is 0 Å². The first-order valence-corrected chi connectivity index (χ1v) is 9.96. The Hall–Kier alpha value is -4.11. The smallest absolute Gasteiger partial charge is 0.256 e. The molecule has 5 aromatic rings. The van der Waals surface area contributed by atoms with E-state index >= 15 is 0 Å². The van der Waals surface area contributed by atoms with Crippen molar-refractivity contribution in [2.75, 3.05) is 5.32 Å². The number of amides is 1. The maximum atomic E-state index is 13.2. The number of hydrogen-bond donors (Lipinski definition) is 1. The number of nitrogens with one attached hydrogen (secondary N) is 1. The molecule has 158 valence electrons. The monoisotopic (exact) mass is 447 g/mol. The summed E-state index contributed by atoms with van der Waals surface area (Å²) in [4.78, 5) is 21.4. The van der Waals surface area contributed by atoms with Gasteiger partial charge in [0.15, 0.2) is 11.5 Å². The summed E-state index contributed by atoms with van der Waals surface area (Å²) in [7, 11) is 0. The van der Waals surface area contributed by atoms with Crippen molar-refractivity contribution in [2.24, 2.45) is 0 Å². The Morgan fingerprint density at radius 3 is 2.53 bits per heavy atom. The van der Waals surface area contributed by atoms with Crippen LogP contribution in [0.1, 0.15) is 16.1 Å². The molecular formula is C22H15ClFN7O. The summed E-state index contributed by atoms with van der Waals surface area (Å²) in [6.07, 6.45) is 3.05. The minimum atomic E-state index is -0.413. The van der Waals surface area contributed by atoms with Gasteiger partial charge in [-0.25, -0.2) is 19.0 Å². The van der Waals surface area contributed by atoms with E-state index in [2.05, 4.69) is 25.5 Å². The number of nitrogens with zero attached hydrogens (tertiary/aromatic N) is 6. The Bertz CT molecular complexity index is 1440. The molecule has 1 amide bonds. The maximum absolute atomic E-state index is 13.2. The van der Waals surface area contributed by atoms with Crippen LogP contribution in [0.4, 0.5) is 10.2 Å². The summed E-state index contributed by atoms with van der Waals surface area (Å²) in [6, 6.07) is 14.2. The molecule has 1 N–H and O–H groups in total. The van der Waals surface area contributed by atoms with Crippen molar-refractivity contribution < 1.29 is 9.18 Å². The standard InChI is InChI=1S/C22H15ClFN7O/c1-13-10-19(28-22(32)14-2-6-16(24)7-3-14)31(29-13)21-18-11-27-30(20(18)25-12-26-21)17-8-4-15(23)5-9-17/h2-12H,1H3,(H,28,32). The van der Waals surface area contributed by atoms with Crippen LogP contribution in [0.25, 0.3) is 22.5 Å². The minimum Gasteiger partial charge on any atom is -0.306 e. The average Bonchev–Trinajstić information content (AvgIpc) is 3.38. The van der Waals surface area contributed by atoms with Gasteiger partial charge in [-0.15, -0.1) is 0 Å². The molecule has 0 saturated carbocycles. The van der Waals surface area contributed by atoms with Gasteiger partial charge in [-0.3, -0.25) is 4.79 Å². The molecule has 0 fully saturated rings. The first-order chi connectivity index (χ1) is 15.5. The number of rotatable bonds is 4. The van der Waals surface area contributed by atoms with Crippen molar-refractivity contribution in [3.63, 3.8) is 0 Å². The van der Waals surface area contributed by atoms with Gasteiger partial charge in [0.05, 0.1) is 23.0 Å². The highest BCUT2D eigenvalue weighted by Gasteiger charge is 2.18. The summed E-state index contributed by atoms with van der Waals surface area (Å²) < 4.78 is 16.4. The third-order valence-electron chi connectivity index (χ3n) is 4.80. The van der Waals surface area contributed by atoms with E-state index < -0.39 is 11.7 Å². The number of anilines is 1. The molecule has 0 saturated heterocycles. The molecule has 0 unspecified atom stereocenters. The predicted octanol–water partition coefficient (Wildman–Crippen LogP) is 4.35. The fourth-order valence-corrected chi connectivity index (χ4v) is 3.44. The number of halogens is 2. The van der Waals surface area contributed by atoms with E-state index in [-0.39, 0.29) is 0 Å². The molecule has 0 spiro atoms. The predicted molar refractivity (Wildman–Crippen MR) is 118 cm³/mol. The van der Waals surface area contributed by atoms with Gasteiger partial charge < -0.3 is 5.32 Å². The van der Waals surface area contributed by atoms with E-state index in [1.54, 1.807) is 36.0 Å². The molecule has 3 aromatic heterocycles. The van der Waals surface area contributed by atoms with E-state index in [1.165, 1.54) is 35.3 Å². The lowest BCUT2D eigenvalue weighted by atomic mass is 10.2. The van der Waals surface area contributed by atoms with E-state index in [0.29, 0.717) is 38.9 Å². The maximum Gasteiger partial charge on any atom is 0.256 e. The fraction of sp³-hybridized carbons (Fsp3) is 0.0455. The summed E-state index contributed by atoms with van der Waals surface area (Å²) in [5.74, 6) is 0.0608. The zero-order valence-corrected chi connectivity index (χ0v) is 17.5. The third kappa shape index (κ3) is 3.58. The molecule has 8 nitrogen and oxygen atoms in total. The Labute approximate surface area is 186 Å². The molecule has 2 aromatic carbocycles. The van der Waals surface area contributed by atoms with Crippen molar-refractivity contribution in [1.29, 1.82) is 0 Å². The van der Waals surface area contributed by atoms with Gasteiger partial charge >= 0.3 is 0 Å². The SMILES string of the molecule is Cc1cc(NC(=O)c2ccc(F)cc2)n(-c2ncnc3c2cnn3-c2ccc(Cl)cc2)n1. The molecule has 0 aliphatic heterocycles. The Morgan fingerprint density at radius 1 is 1.03 bits per heavy atom. The van der Waals surface area contributed by atoms with Gasteiger partial charge in [0.1, 0.15) is 18.0 Å². The quantitative estimate of drug-likeness (QED) is 0.442. The van der Waals surface area contributed by atoms with Crippen LogP contribution >= 0.6 is 11.6 Å². The molecular weight excluding hydrogens is 433 g/mol. The normalized spacial score (nSPS) is 11.1. The zero-order valence-electron chi connectivity index (χ0n) is 16.7. The van der Waals surface area contributed by atoms with Crippen molar-refractivity contribution in [1.82, 2.24) is 29.5 Å². The second kappa shape index (κ2) is 7.86. The van der Waals surface area contributed by atoms with E-state index in [0.717, 1.165) is 5.69 Å². The number of aryl methyl sites for hydroxylation is 1. The van der Waals surface area contributed by atoms with Gasteiger partial charge in [-0.05, 0) is 55.5 Å². The summed E-state index contributed by atoms with van der Waals surface area (Å²) in [6.45, 7) is 1.81. The zero-order chi connectivity index (χ0) is 22.2. The van der Waals surface area contributed by atoms with Gasteiger partial charge in [0.2, 0.25) is 0 Å². The lowest BCUT2D eigenvalue weighted by molar-refractivity contribution is 0.102. The highest BCUT2D eigenvalue weighted by atomic mass is 35.5. The number of fused-ring (bicyclic) bond motifs is 1. The van der Waals surface area contributed by atoms with Crippen LogP contribution in [-0.4, -0.2) is 35.4 Å². The largest absolute Gasteiger partial charge is 0.306 e. The van der Waals surface area contributed by atoms with Crippen LogP contribution in [0.15, 0.2) is 67.1 Å². The molecule has 0 radical (unpaired) electrons. The van der Waals surface area contributed by atoms with Crippen molar-refractivity contribution in [3.8, 4) is 11.5 Å². The number of hydrogen-bond acceptors (Lipinski definition) is 5. The van der Waals surface area contributed by atoms with Crippen molar-refractivity contribution in [3.05, 3.63) is 89.2 Å². The van der Waals surface area contributed by atoms with Crippen LogP contribution in [0.2, 0.25) is 5.02 Å². The topological polar surface area (TPSA) is 90.5 Å². The lowest BCUT2D eigenvalue weighted by Gasteiger charge is -2.09. The van der Waals surface area contributed by atoms with Gasteiger partial charge in [-0.1, -0.05) is 11.6 Å². The molecule has 0 aliphatic carbocycles. The highest BCUT2D eigenvalue weighted by Crippen LogP contribution is 2.25. The van der Waals surface area contributed by atoms with E-state index in [4.69, 9.17) is 11.6 Å². The first-order valence-electron chi connectivity index (χ1n) is 9.58. The minimum absolute atomic E-state index is 0.320. The number of carbonyl (C=O) groups is 1. The molecule has 0 bridgehead atoms. The van der Waals surface area contributed by atoms with Crippen LogP contribution in [0.3, 0.4) is 0 Å². The third-order valence-corrected chi connectivity index (χ3v) is 5.05. The van der Waals surface area contributed by atoms with E-state index in [1.807, 2.05) is 12.1 Å². The van der Waals surface area contributed by atoms with Gasteiger partial charge in [-0.2, -0.15) is 14.9 Å².